The van der Waals surface area contributed by atoms with Crippen molar-refractivity contribution in [1.29, 1.82) is 0 Å². The highest BCUT2D eigenvalue weighted by Crippen LogP contribution is 2.24. The predicted molar refractivity (Wildman–Crippen MR) is 88.6 cm³/mol. The third-order valence-electron chi connectivity index (χ3n) is 3.16. The molecule has 0 saturated heterocycles. The van der Waals surface area contributed by atoms with Crippen LogP contribution >= 0.6 is 11.6 Å². The molecule has 0 N–H and O–H groups in total. The molecule has 0 aliphatic heterocycles. The fourth-order valence-corrected chi connectivity index (χ4v) is 2.10. The van der Waals surface area contributed by atoms with E-state index in [1.165, 1.54) is 6.08 Å². The Bertz CT molecular complexity index is 505. The van der Waals surface area contributed by atoms with E-state index in [4.69, 9.17) is 16.3 Å². The first-order chi connectivity index (χ1) is 10.1. The van der Waals surface area contributed by atoms with Gasteiger partial charge in [0.25, 0.3) is 0 Å². The second-order valence-corrected chi connectivity index (χ2v) is 5.09. The predicted octanol–water partition coefficient (Wildman–Crippen LogP) is 4.63. The SMILES string of the molecule is C=C/C=C(\C=C)C(=O)CCOC(Cl)C(C)c1ccccc1. The number of hydrogen-bond donors (Lipinski definition) is 0. The molecule has 0 aliphatic rings. The molecule has 3 heteroatoms. The molecule has 0 radical (unpaired) electrons. The summed E-state index contributed by atoms with van der Waals surface area (Å²) in [6, 6.07) is 9.92. The molecule has 0 saturated carbocycles. The smallest absolute Gasteiger partial charge is 0.165 e. The van der Waals surface area contributed by atoms with Crippen LogP contribution in [0.2, 0.25) is 0 Å². The van der Waals surface area contributed by atoms with Crippen LogP contribution in [0.5, 0.6) is 0 Å². The van der Waals surface area contributed by atoms with Crippen LogP contribution in [0.4, 0.5) is 0 Å². The molecule has 0 heterocycles. The third-order valence-corrected chi connectivity index (χ3v) is 3.67. The lowest BCUT2D eigenvalue weighted by Crippen LogP contribution is -2.16. The number of carbonyl (C=O) groups excluding carboxylic acids is 1. The summed E-state index contributed by atoms with van der Waals surface area (Å²) >= 11 is 6.24. The maximum atomic E-state index is 11.9. The zero-order chi connectivity index (χ0) is 15.7. The number of ketones is 1. The highest BCUT2D eigenvalue weighted by Gasteiger charge is 2.17. The Kier molecular flexibility index (Phi) is 7.73. The number of alkyl halides is 1. The number of allylic oxidation sites excluding steroid dienone is 4. The van der Waals surface area contributed by atoms with Gasteiger partial charge >= 0.3 is 0 Å². The fraction of sp³-hybridized carbons (Fsp3) is 0.278. The van der Waals surface area contributed by atoms with Crippen molar-refractivity contribution in [1.82, 2.24) is 0 Å². The van der Waals surface area contributed by atoms with Gasteiger partial charge in [-0.15, -0.1) is 0 Å². The Morgan fingerprint density at radius 1 is 1.33 bits per heavy atom. The largest absolute Gasteiger partial charge is 0.361 e. The van der Waals surface area contributed by atoms with Crippen LogP contribution < -0.4 is 0 Å². The number of halogens is 1. The summed E-state index contributed by atoms with van der Waals surface area (Å²) < 4.78 is 5.56. The Hall–Kier alpha value is -1.64. The summed E-state index contributed by atoms with van der Waals surface area (Å²) in [5.74, 6) is 0.0340. The topological polar surface area (TPSA) is 26.3 Å². The second-order valence-electron chi connectivity index (χ2n) is 4.66. The fourth-order valence-electron chi connectivity index (χ4n) is 1.86. The van der Waals surface area contributed by atoms with Crippen LogP contribution in [0.25, 0.3) is 0 Å². The molecule has 112 valence electrons. The van der Waals surface area contributed by atoms with Gasteiger partial charge in [0, 0.05) is 17.9 Å². The zero-order valence-electron chi connectivity index (χ0n) is 12.3. The van der Waals surface area contributed by atoms with Gasteiger partial charge in [0.15, 0.2) is 5.78 Å². The Morgan fingerprint density at radius 3 is 2.57 bits per heavy atom. The van der Waals surface area contributed by atoms with Crippen molar-refractivity contribution in [3.63, 3.8) is 0 Å². The summed E-state index contributed by atoms with van der Waals surface area (Å²) in [4.78, 5) is 11.9. The first-order valence-electron chi connectivity index (χ1n) is 6.89. The monoisotopic (exact) mass is 304 g/mol. The zero-order valence-corrected chi connectivity index (χ0v) is 13.1. The molecule has 2 atom stereocenters. The minimum atomic E-state index is -0.462. The number of carbonyl (C=O) groups is 1. The van der Waals surface area contributed by atoms with E-state index >= 15 is 0 Å². The Balaban J connectivity index is 2.45. The quantitative estimate of drug-likeness (QED) is 0.378. The van der Waals surface area contributed by atoms with Crippen LogP contribution in [0.1, 0.15) is 24.8 Å². The molecule has 21 heavy (non-hydrogen) atoms. The highest BCUT2D eigenvalue weighted by molar-refractivity contribution is 6.20. The van der Waals surface area contributed by atoms with Gasteiger partial charge in [-0.25, -0.2) is 0 Å². The lowest BCUT2D eigenvalue weighted by molar-refractivity contribution is -0.116. The van der Waals surface area contributed by atoms with Crippen molar-refractivity contribution >= 4 is 17.4 Å². The first kappa shape index (κ1) is 17.4. The number of Topliss-reactive ketones (excluding diaryl/α,β-unsaturated/α-hetero) is 1. The van der Waals surface area contributed by atoms with Gasteiger partial charge < -0.3 is 4.74 Å². The maximum Gasteiger partial charge on any atom is 0.165 e. The summed E-state index contributed by atoms with van der Waals surface area (Å²) in [5, 5.41) is 0. The van der Waals surface area contributed by atoms with E-state index in [0.717, 1.165) is 5.56 Å². The van der Waals surface area contributed by atoms with Gasteiger partial charge in [-0.2, -0.15) is 0 Å². The number of ether oxygens (including phenoxy) is 1. The van der Waals surface area contributed by atoms with E-state index in [2.05, 4.69) is 13.2 Å². The van der Waals surface area contributed by atoms with Crippen molar-refractivity contribution in [2.24, 2.45) is 0 Å². The minimum absolute atomic E-state index is 0.0267. The number of rotatable bonds is 9. The van der Waals surface area contributed by atoms with Crippen LogP contribution in [-0.2, 0) is 9.53 Å². The lowest BCUT2D eigenvalue weighted by atomic mass is 10.0. The summed E-state index contributed by atoms with van der Waals surface area (Å²) in [6.45, 7) is 9.46. The van der Waals surface area contributed by atoms with Gasteiger partial charge in [0.2, 0.25) is 0 Å². The second kappa shape index (κ2) is 9.32. The number of benzene rings is 1. The molecule has 0 aliphatic carbocycles. The Labute approximate surface area is 131 Å². The normalized spacial score (nSPS) is 14.3. The van der Waals surface area contributed by atoms with E-state index in [1.807, 2.05) is 37.3 Å². The van der Waals surface area contributed by atoms with Gasteiger partial charge in [0.1, 0.15) is 5.56 Å². The van der Waals surface area contributed by atoms with E-state index < -0.39 is 5.56 Å². The highest BCUT2D eigenvalue weighted by atomic mass is 35.5. The molecule has 0 aromatic heterocycles. The molecular weight excluding hydrogens is 284 g/mol. The molecular formula is C18H21ClO2. The van der Waals surface area contributed by atoms with Crippen LogP contribution in [-0.4, -0.2) is 18.0 Å². The molecule has 0 fully saturated rings. The van der Waals surface area contributed by atoms with Gasteiger partial charge in [-0.05, 0) is 5.56 Å². The van der Waals surface area contributed by atoms with Crippen molar-refractivity contribution in [2.45, 2.75) is 24.8 Å². The van der Waals surface area contributed by atoms with Crippen LogP contribution in [0, 0.1) is 0 Å². The van der Waals surface area contributed by atoms with Crippen LogP contribution in [0.3, 0.4) is 0 Å². The molecule has 2 nitrogen and oxygen atoms in total. The summed E-state index contributed by atoms with van der Waals surface area (Å²) in [7, 11) is 0. The number of hydrogen-bond acceptors (Lipinski definition) is 2. The molecule has 1 aromatic carbocycles. The standard InChI is InChI=1S/C18H21ClO2/c1-4-9-15(5-2)17(20)12-13-21-18(19)14(3)16-10-7-6-8-11-16/h4-11,14,18H,1-2,12-13H2,3H3/b15-9+. The summed E-state index contributed by atoms with van der Waals surface area (Å²) in [6.07, 6.45) is 5.00. The third kappa shape index (κ3) is 5.70. The first-order valence-corrected chi connectivity index (χ1v) is 7.32. The van der Waals surface area contributed by atoms with Gasteiger partial charge in [-0.1, -0.05) is 80.2 Å². The molecule has 0 spiro atoms. The molecule has 0 bridgehead atoms. The lowest BCUT2D eigenvalue weighted by Gasteiger charge is -2.18. The van der Waals surface area contributed by atoms with E-state index in [0.29, 0.717) is 5.57 Å². The van der Waals surface area contributed by atoms with Crippen LogP contribution in [0.15, 0.2) is 67.3 Å². The molecule has 1 rings (SSSR count). The van der Waals surface area contributed by atoms with Crippen molar-refractivity contribution in [2.75, 3.05) is 6.61 Å². The van der Waals surface area contributed by atoms with E-state index in [-0.39, 0.29) is 24.7 Å². The van der Waals surface area contributed by atoms with Gasteiger partial charge in [-0.3, -0.25) is 4.79 Å². The average Bonchev–Trinajstić information content (AvgIpc) is 2.52. The molecule has 2 unspecified atom stereocenters. The van der Waals surface area contributed by atoms with Crippen molar-refractivity contribution < 1.29 is 9.53 Å². The molecule has 0 amide bonds. The Morgan fingerprint density at radius 2 is 2.00 bits per heavy atom. The minimum Gasteiger partial charge on any atom is -0.361 e. The van der Waals surface area contributed by atoms with Crippen molar-refractivity contribution in [3.05, 3.63) is 72.9 Å². The van der Waals surface area contributed by atoms with E-state index in [1.54, 1.807) is 12.2 Å². The average molecular weight is 305 g/mol. The summed E-state index contributed by atoms with van der Waals surface area (Å²) in [5.41, 5.74) is 1.19. The maximum absolute atomic E-state index is 11.9. The molecule has 1 aromatic rings. The van der Waals surface area contributed by atoms with Crippen molar-refractivity contribution in [3.8, 4) is 0 Å². The van der Waals surface area contributed by atoms with Gasteiger partial charge in [0.05, 0.1) is 6.61 Å². The van der Waals surface area contributed by atoms with E-state index in [9.17, 15) is 4.79 Å².